The van der Waals surface area contributed by atoms with E-state index < -0.39 is 0 Å². The number of aryl methyl sites for hydroxylation is 1. The van der Waals surface area contributed by atoms with Crippen molar-refractivity contribution >= 4 is 0 Å². The van der Waals surface area contributed by atoms with E-state index >= 15 is 0 Å². The molecule has 2 aromatic rings. The van der Waals surface area contributed by atoms with Crippen molar-refractivity contribution in [1.29, 1.82) is 0 Å². The summed E-state index contributed by atoms with van der Waals surface area (Å²) in [6.45, 7) is 2.33. The Kier molecular flexibility index (Phi) is 4.53. The second-order valence-electron chi connectivity index (χ2n) is 4.45. The van der Waals surface area contributed by atoms with Gasteiger partial charge in [-0.05, 0) is 12.8 Å². The molecule has 0 atom stereocenters. The molecule has 0 aliphatic carbocycles. The molecule has 18 heavy (non-hydrogen) atoms. The van der Waals surface area contributed by atoms with E-state index in [1.807, 2.05) is 30.3 Å². The Hall–Kier alpha value is -1.61. The predicted octanol–water partition coefficient (Wildman–Crippen LogP) is 2.95. The number of hydrogen-bond acceptors (Lipinski definition) is 2. The first kappa shape index (κ1) is 12.8. The van der Waals surface area contributed by atoms with Crippen LogP contribution in [-0.2, 0) is 12.8 Å². The normalized spacial score (nSPS) is 10.8. The lowest BCUT2D eigenvalue weighted by atomic mass is 10.1. The molecule has 1 heterocycles. The predicted molar refractivity (Wildman–Crippen MR) is 73.4 cm³/mol. The molecule has 0 radical (unpaired) electrons. The van der Waals surface area contributed by atoms with Crippen LogP contribution < -0.4 is 0 Å². The lowest BCUT2D eigenvalue weighted by Gasteiger charge is -1.99. The molecule has 0 fully saturated rings. The van der Waals surface area contributed by atoms with E-state index in [4.69, 9.17) is 5.11 Å². The summed E-state index contributed by atoms with van der Waals surface area (Å²) in [7, 11) is 0. The van der Waals surface area contributed by atoms with Gasteiger partial charge in [-0.25, -0.2) is 4.98 Å². The Morgan fingerprint density at radius 2 is 1.94 bits per heavy atom. The van der Waals surface area contributed by atoms with Crippen molar-refractivity contribution < 1.29 is 5.11 Å². The van der Waals surface area contributed by atoms with Crippen molar-refractivity contribution in [3.63, 3.8) is 0 Å². The first-order valence-electron chi connectivity index (χ1n) is 6.59. The van der Waals surface area contributed by atoms with Crippen molar-refractivity contribution in [2.75, 3.05) is 6.61 Å². The van der Waals surface area contributed by atoms with E-state index in [1.54, 1.807) is 0 Å². The van der Waals surface area contributed by atoms with Crippen LogP contribution in [0.4, 0.5) is 0 Å². The number of aromatic amines is 1. The van der Waals surface area contributed by atoms with Crippen LogP contribution in [0.5, 0.6) is 0 Å². The zero-order valence-corrected chi connectivity index (χ0v) is 10.8. The molecule has 0 amide bonds. The second-order valence-corrected chi connectivity index (χ2v) is 4.45. The lowest BCUT2D eigenvalue weighted by molar-refractivity contribution is 0.298. The molecule has 0 bridgehead atoms. The van der Waals surface area contributed by atoms with E-state index in [2.05, 4.69) is 16.9 Å². The van der Waals surface area contributed by atoms with E-state index in [0.717, 1.165) is 36.3 Å². The number of benzene rings is 1. The fourth-order valence-electron chi connectivity index (χ4n) is 2.05. The van der Waals surface area contributed by atoms with Gasteiger partial charge in [0.15, 0.2) is 0 Å². The number of unbranched alkanes of at least 4 members (excludes halogenated alkanes) is 1. The molecule has 0 unspecified atom stereocenters. The summed E-state index contributed by atoms with van der Waals surface area (Å²) in [6.07, 6.45) is 3.95. The number of hydrogen-bond donors (Lipinski definition) is 2. The van der Waals surface area contributed by atoms with Crippen LogP contribution in [0.25, 0.3) is 11.4 Å². The van der Waals surface area contributed by atoms with Crippen LogP contribution in [0, 0.1) is 0 Å². The summed E-state index contributed by atoms with van der Waals surface area (Å²) >= 11 is 0. The third-order valence-electron chi connectivity index (χ3n) is 3.04. The molecular weight excluding hydrogens is 224 g/mol. The molecule has 0 spiro atoms. The summed E-state index contributed by atoms with van der Waals surface area (Å²) in [5.74, 6) is 0.908. The summed E-state index contributed by atoms with van der Waals surface area (Å²) in [6, 6.07) is 10.1. The van der Waals surface area contributed by atoms with Crippen LogP contribution in [0.2, 0.25) is 0 Å². The second kappa shape index (κ2) is 6.36. The molecule has 0 aliphatic rings. The first-order valence-corrected chi connectivity index (χ1v) is 6.59. The average molecular weight is 244 g/mol. The van der Waals surface area contributed by atoms with Crippen LogP contribution >= 0.6 is 0 Å². The van der Waals surface area contributed by atoms with E-state index in [0.29, 0.717) is 6.42 Å². The van der Waals surface area contributed by atoms with Gasteiger partial charge in [0.2, 0.25) is 0 Å². The van der Waals surface area contributed by atoms with Gasteiger partial charge in [0.25, 0.3) is 0 Å². The summed E-state index contributed by atoms with van der Waals surface area (Å²) in [5, 5.41) is 9.10. The highest BCUT2D eigenvalue weighted by atomic mass is 16.3. The van der Waals surface area contributed by atoms with Crippen LogP contribution in [0.15, 0.2) is 30.3 Å². The van der Waals surface area contributed by atoms with Gasteiger partial charge in [-0.1, -0.05) is 43.7 Å². The van der Waals surface area contributed by atoms with Crippen LogP contribution in [-0.4, -0.2) is 21.7 Å². The molecule has 0 saturated heterocycles. The van der Waals surface area contributed by atoms with Crippen molar-refractivity contribution in [3.8, 4) is 11.4 Å². The highest BCUT2D eigenvalue weighted by Crippen LogP contribution is 2.19. The molecule has 3 heteroatoms. The number of aliphatic hydroxyl groups is 1. The minimum absolute atomic E-state index is 0.151. The fourth-order valence-corrected chi connectivity index (χ4v) is 2.05. The number of rotatable bonds is 6. The minimum atomic E-state index is 0.151. The van der Waals surface area contributed by atoms with E-state index in [-0.39, 0.29) is 6.61 Å². The number of imidazole rings is 1. The van der Waals surface area contributed by atoms with Gasteiger partial charge in [0.1, 0.15) is 5.82 Å². The number of H-pyrrole nitrogens is 1. The summed E-state index contributed by atoms with van der Waals surface area (Å²) < 4.78 is 0. The molecule has 0 aliphatic heterocycles. The van der Waals surface area contributed by atoms with Crippen LogP contribution in [0.3, 0.4) is 0 Å². The van der Waals surface area contributed by atoms with Gasteiger partial charge < -0.3 is 10.1 Å². The van der Waals surface area contributed by atoms with Gasteiger partial charge in [0, 0.05) is 24.3 Å². The zero-order chi connectivity index (χ0) is 12.8. The average Bonchev–Trinajstić information content (AvgIpc) is 2.81. The maximum absolute atomic E-state index is 9.10. The monoisotopic (exact) mass is 244 g/mol. The number of nitrogens with zero attached hydrogens (tertiary/aromatic N) is 1. The largest absolute Gasteiger partial charge is 0.396 e. The third kappa shape index (κ3) is 2.99. The van der Waals surface area contributed by atoms with Gasteiger partial charge in [0.05, 0.1) is 5.69 Å². The third-order valence-corrected chi connectivity index (χ3v) is 3.04. The summed E-state index contributed by atoms with van der Waals surface area (Å²) in [5.41, 5.74) is 3.27. The summed E-state index contributed by atoms with van der Waals surface area (Å²) in [4.78, 5) is 8.00. The molecule has 0 saturated carbocycles. The number of nitrogens with one attached hydrogen (secondary N) is 1. The Labute approximate surface area is 108 Å². The number of aromatic nitrogens is 2. The van der Waals surface area contributed by atoms with Crippen molar-refractivity contribution in [2.45, 2.75) is 32.6 Å². The highest BCUT2D eigenvalue weighted by Gasteiger charge is 2.10. The highest BCUT2D eigenvalue weighted by molar-refractivity contribution is 5.55. The standard InChI is InChI=1S/C15H20N2O/c1-2-3-9-13-14(10-11-18)17-15(16-13)12-7-5-4-6-8-12/h4-8,18H,2-3,9-11H2,1H3,(H,16,17). The maximum atomic E-state index is 9.10. The van der Waals surface area contributed by atoms with Gasteiger partial charge >= 0.3 is 0 Å². The fraction of sp³-hybridized carbons (Fsp3) is 0.400. The molecule has 1 aromatic carbocycles. The molecule has 2 rings (SSSR count). The molecule has 3 nitrogen and oxygen atoms in total. The smallest absolute Gasteiger partial charge is 0.137 e. The Bertz CT molecular complexity index is 476. The van der Waals surface area contributed by atoms with Gasteiger partial charge in [-0.15, -0.1) is 0 Å². The van der Waals surface area contributed by atoms with Crippen molar-refractivity contribution in [1.82, 2.24) is 9.97 Å². The van der Waals surface area contributed by atoms with Crippen LogP contribution in [0.1, 0.15) is 31.2 Å². The topological polar surface area (TPSA) is 48.9 Å². The molecule has 1 aromatic heterocycles. The van der Waals surface area contributed by atoms with Crippen molar-refractivity contribution in [2.24, 2.45) is 0 Å². The van der Waals surface area contributed by atoms with Gasteiger partial charge in [-0.2, -0.15) is 0 Å². The zero-order valence-electron chi connectivity index (χ0n) is 10.8. The first-order chi connectivity index (χ1) is 8.85. The lowest BCUT2D eigenvalue weighted by Crippen LogP contribution is -1.96. The Balaban J connectivity index is 2.27. The molecular formula is C15H20N2O. The minimum Gasteiger partial charge on any atom is -0.396 e. The SMILES string of the molecule is CCCCc1[nH]c(-c2ccccc2)nc1CCO. The van der Waals surface area contributed by atoms with Crippen molar-refractivity contribution in [3.05, 3.63) is 41.7 Å². The molecule has 96 valence electrons. The van der Waals surface area contributed by atoms with E-state index in [9.17, 15) is 0 Å². The Morgan fingerprint density at radius 3 is 2.61 bits per heavy atom. The Morgan fingerprint density at radius 1 is 1.17 bits per heavy atom. The number of aliphatic hydroxyl groups excluding tert-OH is 1. The van der Waals surface area contributed by atoms with Gasteiger partial charge in [-0.3, -0.25) is 0 Å². The quantitative estimate of drug-likeness (QED) is 0.820. The van der Waals surface area contributed by atoms with E-state index in [1.165, 1.54) is 5.69 Å². The molecule has 2 N–H and O–H groups in total. The maximum Gasteiger partial charge on any atom is 0.137 e.